The van der Waals surface area contributed by atoms with Crippen molar-refractivity contribution in [3.8, 4) is 34.2 Å². The zero-order valence-corrected chi connectivity index (χ0v) is 19.6. The molecule has 0 aliphatic carbocycles. The van der Waals surface area contributed by atoms with Crippen molar-refractivity contribution in [2.24, 2.45) is 0 Å². The number of nitrogens with zero attached hydrogens (tertiary/aromatic N) is 3. The van der Waals surface area contributed by atoms with E-state index in [1.807, 2.05) is 88.4 Å². The van der Waals surface area contributed by atoms with E-state index >= 15 is 0 Å². The van der Waals surface area contributed by atoms with Crippen molar-refractivity contribution in [2.75, 3.05) is 0 Å². The predicted octanol–water partition coefficient (Wildman–Crippen LogP) is 5.31. The molecule has 34 heavy (non-hydrogen) atoms. The summed E-state index contributed by atoms with van der Waals surface area (Å²) in [6.07, 6.45) is 0. The molecule has 1 aromatic heterocycles. The first-order valence-electron chi connectivity index (χ1n) is 11.3. The Labute approximate surface area is 199 Å². The number of halogens is 1. The highest BCUT2D eigenvalue weighted by Gasteiger charge is 2.52. The molecule has 1 aliphatic rings. The van der Waals surface area contributed by atoms with Gasteiger partial charge in [-0.2, -0.15) is 0 Å². The average molecular weight is 453 g/mol. The molecule has 0 amide bonds. The van der Waals surface area contributed by atoms with Crippen LogP contribution in [0.15, 0.2) is 78.9 Å². The predicted molar refractivity (Wildman–Crippen MR) is 132 cm³/mol. The van der Waals surface area contributed by atoms with Gasteiger partial charge in [-0.05, 0) is 51.4 Å². The largest absolute Gasteiger partial charge is 0.495 e. The molecule has 3 aromatic carbocycles. The third kappa shape index (κ3) is 4.13. The lowest BCUT2D eigenvalue weighted by Gasteiger charge is -2.32. The van der Waals surface area contributed by atoms with Crippen molar-refractivity contribution in [3.63, 3.8) is 0 Å². The Balaban J connectivity index is 1.69. The summed E-state index contributed by atoms with van der Waals surface area (Å²) < 4.78 is 26.9. The van der Waals surface area contributed by atoms with E-state index in [0.717, 1.165) is 11.1 Å². The Bertz CT molecular complexity index is 1260. The Morgan fingerprint density at radius 1 is 0.647 bits per heavy atom. The molecule has 5 nitrogen and oxygen atoms in total. The first kappa shape index (κ1) is 22.4. The fraction of sp³-hybridized carbons (Fsp3) is 0.222. The van der Waals surface area contributed by atoms with E-state index in [1.165, 1.54) is 12.1 Å². The van der Waals surface area contributed by atoms with Gasteiger partial charge in [-0.1, -0.05) is 60.7 Å². The van der Waals surface area contributed by atoms with E-state index in [1.54, 1.807) is 6.07 Å². The third-order valence-electron chi connectivity index (χ3n) is 6.46. The topological polar surface area (TPSA) is 57.1 Å². The summed E-state index contributed by atoms with van der Waals surface area (Å²) in [6, 6.07) is 24.0. The molecule has 7 heteroatoms. The Morgan fingerprint density at radius 3 is 1.62 bits per heavy atom. The second-order valence-corrected chi connectivity index (χ2v) is 9.36. The van der Waals surface area contributed by atoms with Crippen LogP contribution in [-0.4, -0.2) is 33.3 Å². The summed E-state index contributed by atoms with van der Waals surface area (Å²) in [7, 11) is -0.757. The standard InChI is InChI=1S/C27H25BFN3O2/c1-26(2)27(3,4)34-28(33-26)22-17-20(29)15-16-21(22)25-31-23(18-11-7-5-8-12-18)30-24(32-25)19-13-9-6-10-14-19/h5-17H,1-4H3. The number of rotatable bonds is 4. The summed E-state index contributed by atoms with van der Waals surface area (Å²) in [4.78, 5) is 14.3. The number of aromatic nitrogens is 3. The van der Waals surface area contributed by atoms with Crippen molar-refractivity contribution in [2.45, 2.75) is 38.9 Å². The molecule has 2 heterocycles. The Morgan fingerprint density at radius 2 is 1.12 bits per heavy atom. The van der Waals surface area contributed by atoms with E-state index in [-0.39, 0.29) is 5.82 Å². The lowest BCUT2D eigenvalue weighted by atomic mass is 9.75. The zero-order chi connectivity index (χ0) is 23.9. The quantitative estimate of drug-likeness (QED) is 0.392. The maximum absolute atomic E-state index is 14.4. The second-order valence-electron chi connectivity index (χ2n) is 9.36. The minimum atomic E-state index is -0.757. The van der Waals surface area contributed by atoms with E-state index in [2.05, 4.69) is 0 Å². The van der Waals surface area contributed by atoms with Gasteiger partial charge in [-0.3, -0.25) is 0 Å². The molecule has 4 aromatic rings. The molecule has 0 spiro atoms. The molecular formula is C27H25BFN3O2. The molecule has 0 unspecified atom stereocenters. The van der Waals surface area contributed by atoms with Gasteiger partial charge in [0.15, 0.2) is 17.5 Å². The van der Waals surface area contributed by atoms with Gasteiger partial charge >= 0.3 is 7.12 Å². The summed E-state index contributed by atoms with van der Waals surface area (Å²) in [5.41, 5.74) is 1.78. The fourth-order valence-electron chi connectivity index (χ4n) is 3.83. The summed E-state index contributed by atoms with van der Waals surface area (Å²) in [5.74, 6) is 1.12. The summed E-state index contributed by atoms with van der Waals surface area (Å²) in [6.45, 7) is 7.87. The van der Waals surface area contributed by atoms with Crippen LogP contribution in [0.3, 0.4) is 0 Å². The van der Waals surface area contributed by atoms with Crippen molar-refractivity contribution in [1.29, 1.82) is 0 Å². The SMILES string of the molecule is CC1(C)OB(c2cc(F)ccc2-c2nc(-c3ccccc3)nc(-c3ccccc3)n2)OC1(C)C. The van der Waals surface area contributed by atoms with Gasteiger partial charge in [0.25, 0.3) is 0 Å². The number of hydrogen-bond acceptors (Lipinski definition) is 5. The molecule has 0 bridgehead atoms. The van der Waals surface area contributed by atoms with Gasteiger partial charge in [-0.25, -0.2) is 19.3 Å². The molecule has 0 N–H and O–H groups in total. The highest BCUT2D eigenvalue weighted by molar-refractivity contribution is 6.63. The summed E-state index contributed by atoms with van der Waals surface area (Å²) in [5, 5.41) is 0. The maximum atomic E-state index is 14.4. The average Bonchev–Trinajstić information content (AvgIpc) is 3.06. The van der Waals surface area contributed by atoms with Crippen LogP contribution in [0.5, 0.6) is 0 Å². The Hall–Kier alpha value is -3.42. The van der Waals surface area contributed by atoms with Gasteiger partial charge in [0.2, 0.25) is 0 Å². The summed E-state index contributed by atoms with van der Waals surface area (Å²) >= 11 is 0. The lowest BCUT2D eigenvalue weighted by Crippen LogP contribution is -2.41. The van der Waals surface area contributed by atoms with Gasteiger partial charge in [-0.15, -0.1) is 0 Å². The molecule has 0 saturated carbocycles. The zero-order valence-electron chi connectivity index (χ0n) is 19.6. The highest BCUT2D eigenvalue weighted by Crippen LogP contribution is 2.37. The van der Waals surface area contributed by atoms with E-state index in [4.69, 9.17) is 24.3 Å². The van der Waals surface area contributed by atoms with E-state index < -0.39 is 18.3 Å². The van der Waals surface area contributed by atoms with Crippen LogP contribution in [-0.2, 0) is 9.31 Å². The van der Waals surface area contributed by atoms with E-state index in [0.29, 0.717) is 28.5 Å². The van der Waals surface area contributed by atoms with Crippen molar-refractivity contribution in [3.05, 3.63) is 84.7 Å². The molecule has 1 fully saturated rings. The number of benzene rings is 3. The van der Waals surface area contributed by atoms with Crippen LogP contribution in [0, 0.1) is 5.82 Å². The minimum Gasteiger partial charge on any atom is -0.399 e. The van der Waals surface area contributed by atoms with Crippen molar-refractivity contribution in [1.82, 2.24) is 15.0 Å². The van der Waals surface area contributed by atoms with Crippen molar-refractivity contribution >= 4 is 12.6 Å². The first-order chi connectivity index (χ1) is 16.2. The molecule has 0 atom stereocenters. The van der Waals surface area contributed by atoms with Gasteiger partial charge in [0.1, 0.15) is 5.82 Å². The third-order valence-corrected chi connectivity index (χ3v) is 6.46. The first-order valence-corrected chi connectivity index (χ1v) is 11.3. The van der Waals surface area contributed by atoms with Crippen LogP contribution in [0.25, 0.3) is 34.2 Å². The van der Waals surface area contributed by atoms with Crippen LogP contribution >= 0.6 is 0 Å². The van der Waals surface area contributed by atoms with Crippen molar-refractivity contribution < 1.29 is 13.7 Å². The lowest BCUT2D eigenvalue weighted by molar-refractivity contribution is 0.00578. The molecule has 170 valence electrons. The van der Waals surface area contributed by atoms with Crippen LogP contribution in [0.4, 0.5) is 4.39 Å². The minimum absolute atomic E-state index is 0.380. The molecule has 1 saturated heterocycles. The molecule has 0 radical (unpaired) electrons. The van der Waals surface area contributed by atoms with Gasteiger partial charge in [0.05, 0.1) is 11.2 Å². The monoisotopic (exact) mass is 453 g/mol. The number of hydrogen-bond donors (Lipinski definition) is 0. The van der Waals surface area contributed by atoms with Crippen LogP contribution in [0.1, 0.15) is 27.7 Å². The van der Waals surface area contributed by atoms with E-state index in [9.17, 15) is 4.39 Å². The maximum Gasteiger partial charge on any atom is 0.495 e. The van der Waals surface area contributed by atoms with Gasteiger partial charge in [0, 0.05) is 16.7 Å². The van der Waals surface area contributed by atoms with Crippen LogP contribution in [0.2, 0.25) is 0 Å². The fourth-order valence-corrected chi connectivity index (χ4v) is 3.83. The van der Waals surface area contributed by atoms with Gasteiger partial charge < -0.3 is 9.31 Å². The smallest absolute Gasteiger partial charge is 0.399 e. The Kier molecular flexibility index (Phi) is 5.54. The normalized spacial score (nSPS) is 16.6. The molecular weight excluding hydrogens is 428 g/mol. The second kappa shape index (κ2) is 8.42. The molecule has 1 aliphatic heterocycles. The van der Waals surface area contributed by atoms with Crippen LogP contribution < -0.4 is 5.46 Å². The molecule has 5 rings (SSSR count). The highest BCUT2D eigenvalue weighted by atomic mass is 19.1.